The summed E-state index contributed by atoms with van der Waals surface area (Å²) in [7, 11) is 0. The van der Waals surface area contributed by atoms with E-state index in [-0.39, 0.29) is 5.28 Å². The van der Waals surface area contributed by atoms with Gasteiger partial charge in [0.25, 0.3) is 5.88 Å². The molecular formula is C19H27ClN6O3S. The van der Waals surface area contributed by atoms with E-state index in [2.05, 4.69) is 19.8 Å². The summed E-state index contributed by atoms with van der Waals surface area (Å²) in [6.45, 7) is 9.55. The topological polar surface area (TPSA) is 76.1 Å². The van der Waals surface area contributed by atoms with Gasteiger partial charge in [-0.05, 0) is 24.4 Å². The monoisotopic (exact) mass is 454 g/mol. The van der Waals surface area contributed by atoms with Gasteiger partial charge in [-0.2, -0.15) is 9.97 Å². The van der Waals surface area contributed by atoms with Crippen LogP contribution in [0, 0.1) is 0 Å². The minimum Gasteiger partial charge on any atom is -0.384 e. The summed E-state index contributed by atoms with van der Waals surface area (Å²) in [6.07, 6.45) is 2.39. The van der Waals surface area contributed by atoms with Gasteiger partial charge in [-0.15, -0.1) is 16.4 Å². The lowest BCUT2D eigenvalue weighted by molar-refractivity contribution is -0.119. The molecule has 0 N–H and O–H groups in total. The largest absolute Gasteiger partial charge is 0.384 e. The first kappa shape index (κ1) is 20.7. The fraction of sp³-hybridized carbons (Fsp3) is 0.737. The normalized spacial score (nSPS) is 23.2. The van der Waals surface area contributed by atoms with Gasteiger partial charge in [-0.1, -0.05) is 0 Å². The number of piperidine rings is 1. The van der Waals surface area contributed by atoms with Gasteiger partial charge in [0.15, 0.2) is 5.65 Å². The Balaban J connectivity index is 1.23. The zero-order valence-electron chi connectivity index (χ0n) is 17.0. The third kappa shape index (κ3) is 4.85. The Morgan fingerprint density at radius 3 is 2.37 bits per heavy atom. The Bertz CT molecular complexity index is 850. The zero-order valence-corrected chi connectivity index (χ0v) is 18.5. The SMILES string of the molecule is Clc1nc(ON2CCOCC2)c2sc(CN3CCC(N4CCOCC4)CC3)nc2n1. The predicted molar refractivity (Wildman–Crippen MR) is 114 cm³/mol. The molecule has 5 rings (SSSR count). The predicted octanol–water partition coefficient (Wildman–Crippen LogP) is 1.66. The molecule has 164 valence electrons. The molecule has 3 aliphatic heterocycles. The molecule has 3 aliphatic rings. The zero-order chi connectivity index (χ0) is 20.3. The van der Waals surface area contributed by atoms with Crippen LogP contribution in [-0.2, 0) is 16.0 Å². The number of hydrogen-bond acceptors (Lipinski definition) is 10. The van der Waals surface area contributed by atoms with Gasteiger partial charge in [0, 0.05) is 32.2 Å². The molecule has 3 fully saturated rings. The highest BCUT2D eigenvalue weighted by molar-refractivity contribution is 7.18. The number of ether oxygens (including phenoxy) is 2. The molecule has 5 heterocycles. The minimum absolute atomic E-state index is 0.161. The molecule has 0 atom stereocenters. The number of nitrogens with zero attached hydrogens (tertiary/aromatic N) is 6. The van der Waals surface area contributed by atoms with E-state index in [1.807, 2.05) is 5.06 Å². The Morgan fingerprint density at radius 1 is 0.933 bits per heavy atom. The van der Waals surface area contributed by atoms with Crippen LogP contribution in [0.2, 0.25) is 5.28 Å². The fourth-order valence-corrected chi connectivity index (χ4v) is 5.41. The molecule has 30 heavy (non-hydrogen) atoms. The number of hydrogen-bond donors (Lipinski definition) is 0. The van der Waals surface area contributed by atoms with Gasteiger partial charge in [0.1, 0.15) is 9.71 Å². The quantitative estimate of drug-likeness (QED) is 0.627. The summed E-state index contributed by atoms with van der Waals surface area (Å²) in [6, 6.07) is 0.679. The van der Waals surface area contributed by atoms with Gasteiger partial charge in [0.05, 0.1) is 46.1 Å². The Labute approximate surface area is 184 Å². The summed E-state index contributed by atoms with van der Waals surface area (Å²) >= 11 is 7.73. The molecule has 2 aromatic heterocycles. The van der Waals surface area contributed by atoms with Gasteiger partial charge in [-0.3, -0.25) is 9.80 Å². The molecule has 3 saturated heterocycles. The number of halogens is 1. The van der Waals surface area contributed by atoms with Crippen molar-refractivity contribution in [1.29, 1.82) is 0 Å². The number of thiazole rings is 1. The maximum absolute atomic E-state index is 6.13. The summed E-state index contributed by atoms with van der Waals surface area (Å²) in [4.78, 5) is 24.4. The van der Waals surface area contributed by atoms with Crippen molar-refractivity contribution in [3.8, 4) is 5.88 Å². The van der Waals surface area contributed by atoms with Gasteiger partial charge in [0.2, 0.25) is 5.28 Å². The van der Waals surface area contributed by atoms with Crippen LogP contribution in [0.15, 0.2) is 0 Å². The van der Waals surface area contributed by atoms with E-state index < -0.39 is 0 Å². The highest BCUT2D eigenvalue weighted by Crippen LogP contribution is 2.31. The van der Waals surface area contributed by atoms with Crippen molar-refractivity contribution in [2.24, 2.45) is 0 Å². The lowest BCUT2D eigenvalue weighted by Crippen LogP contribution is -2.48. The summed E-state index contributed by atoms with van der Waals surface area (Å²) in [5.74, 6) is 0.488. The van der Waals surface area contributed by atoms with E-state index in [9.17, 15) is 0 Å². The summed E-state index contributed by atoms with van der Waals surface area (Å²) in [5, 5.41) is 3.05. The average Bonchev–Trinajstić information content (AvgIpc) is 3.18. The van der Waals surface area contributed by atoms with Crippen molar-refractivity contribution >= 4 is 33.3 Å². The number of hydroxylamine groups is 2. The van der Waals surface area contributed by atoms with Crippen molar-refractivity contribution in [1.82, 2.24) is 29.8 Å². The third-order valence-electron chi connectivity index (χ3n) is 5.90. The van der Waals surface area contributed by atoms with Crippen molar-refractivity contribution in [2.45, 2.75) is 25.4 Å². The maximum Gasteiger partial charge on any atom is 0.262 e. The smallest absolute Gasteiger partial charge is 0.262 e. The number of aromatic nitrogens is 3. The van der Waals surface area contributed by atoms with E-state index in [1.54, 1.807) is 11.3 Å². The molecule has 0 spiro atoms. The Morgan fingerprint density at radius 2 is 1.63 bits per heavy atom. The molecule has 0 aliphatic carbocycles. The molecule has 11 heteroatoms. The lowest BCUT2D eigenvalue weighted by atomic mass is 10.0. The van der Waals surface area contributed by atoms with Crippen LogP contribution in [0.3, 0.4) is 0 Å². The lowest BCUT2D eigenvalue weighted by Gasteiger charge is -2.39. The molecule has 0 aromatic carbocycles. The molecule has 9 nitrogen and oxygen atoms in total. The van der Waals surface area contributed by atoms with Crippen molar-refractivity contribution in [2.75, 3.05) is 65.7 Å². The first-order chi connectivity index (χ1) is 14.7. The standard InChI is InChI=1S/C19H27ClN6O3S/c20-19-22-17-16(18(23-19)29-26-7-11-28-12-8-26)30-15(21-17)13-24-3-1-14(2-4-24)25-5-9-27-10-6-25/h14H,1-13H2. The van der Waals surface area contributed by atoms with Crippen molar-refractivity contribution in [3.63, 3.8) is 0 Å². The molecular weight excluding hydrogens is 428 g/mol. The first-order valence-corrected chi connectivity index (χ1v) is 11.8. The number of fused-ring (bicyclic) bond motifs is 1. The van der Waals surface area contributed by atoms with Gasteiger partial charge in [-0.25, -0.2) is 4.98 Å². The van der Waals surface area contributed by atoms with Crippen LogP contribution in [0.5, 0.6) is 5.88 Å². The first-order valence-electron chi connectivity index (χ1n) is 10.6. The van der Waals surface area contributed by atoms with Crippen LogP contribution in [0.1, 0.15) is 17.8 Å². The van der Waals surface area contributed by atoms with E-state index in [0.717, 1.165) is 55.6 Å². The molecule has 0 radical (unpaired) electrons. The number of rotatable bonds is 5. The number of likely N-dealkylation sites (tertiary alicyclic amines) is 1. The molecule has 0 amide bonds. The van der Waals surface area contributed by atoms with Crippen LogP contribution >= 0.6 is 22.9 Å². The second-order valence-corrected chi connectivity index (χ2v) is 9.27. The second-order valence-electron chi connectivity index (χ2n) is 7.85. The average molecular weight is 455 g/mol. The van der Waals surface area contributed by atoms with Crippen LogP contribution in [-0.4, -0.2) is 102 Å². The van der Waals surface area contributed by atoms with E-state index in [1.165, 1.54) is 12.8 Å². The highest BCUT2D eigenvalue weighted by Gasteiger charge is 2.27. The van der Waals surface area contributed by atoms with E-state index in [4.69, 9.17) is 30.9 Å². The second kappa shape index (κ2) is 9.56. The molecule has 0 saturated carbocycles. The maximum atomic E-state index is 6.13. The van der Waals surface area contributed by atoms with Gasteiger partial charge >= 0.3 is 0 Å². The molecule has 2 aromatic rings. The Hall–Kier alpha value is -1.14. The Kier molecular flexibility index (Phi) is 6.61. The summed E-state index contributed by atoms with van der Waals surface area (Å²) < 4.78 is 11.7. The van der Waals surface area contributed by atoms with E-state index in [0.29, 0.717) is 43.9 Å². The third-order valence-corrected chi connectivity index (χ3v) is 7.09. The fourth-order valence-electron chi connectivity index (χ4n) is 4.28. The van der Waals surface area contributed by atoms with Crippen molar-refractivity contribution < 1.29 is 14.3 Å². The van der Waals surface area contributed by atoms with Crippen LogP contribution in [0.4, 0.5) is 0 Å². The molecule has 0 unspecified atom stereocenters. The van der Waals surface area contributed by atoms with Crippen molar-refractivity contribution in [3.05, 3.63) is 10.3 Å². The van der Waals surface area contributed by atoms with Gasteiger partial charge < -0.3 is 14.3 Å². The summed E-state index contributed by atoms with van der Waals surface area (Å²) in [5.41, 5.74) is 0.612. The van der Waals surface area contributed by atoms with Crippen LogP contribution < -0.4 is 4.84 Å². The van der Waals surface area contributed by atoms with E-state index >= 15 is 0 Å². The van der Waals surface area contributed by atoms with Crippen LogP contribution in [0.25, 0.3) is 10.3 Å². The molecule has 0 bridgehead atoms. The number of morpholine rings is 2. The highest BCUT2D eigenvalue weighted by atomic mass is 35.5. The minimum atomic E-state index is 0.161.